The molecule has 0 aromatic heterocycles. The van der Waals surface area contributed by atoms with E-state index in [4.69, 9.17) is 9.84 Å². The van der Waals surface area contributed by atoms with Crippen molar-refractivity contribution in [2.24, 2.45) is 0 Å². The van der Waals surface area contributed by atoms with Crippen molar-refractivity contribution < 1.29 is 14.6 Å². The molecule has 1 aromatic rings. The van der Waals surface area contributed by atoms with Gasteiger partial charge < -0.3 is 9.84 Å². The number of carbonyl (C=O) groups is 1. The standard InChI is InChI=1S/C12H14O3/c1-2-8-3-6-10(12(13)14)11(7-8)15-9-4-5-9/h3,6-7,9H,2,4-5H2,1H3,(H,13,14). The molecule has 0 heterocycles. The summed E-state index contributed by atoms with van der Waals surface area (Å²) >= 11 is 0. The fourth-order valence-electron chi connectivity index (χ4n) is 1.43. The second kappa shape index (κ2) is 3.93. The van der Waals surface area contributed by atoms with Crippen LogP contribution in [0.25, 0.3) is 0 Å². The van der Waals surface area contributed by atoms with Gasteiger partial charge in [0.1, 0.15) is 11.3 Å². The molecule has 0 atom stereocenters. The Hall–Kier alpha value is -1.51. The highest BCUT2D eigenvalue weighted by atomic mass is 16.5. The summed E-state index contributed by atoms with van der Waals surface area (Å²) in [7, 11) is 0. The van der Waals surface area contributed by atoms with Gasteiger partial charge in [-0.3, -0.25) is 0 Å². The van der Waals surface area contributed by atoms with Gasteiger partial charge in [0.15, 0.2) is 0 Å². The lowest BCUT2D eigenvalue weighted by atomic mass is 10.1. The maximum Gasteiger partial charge on any atom is 0.339 e. The van der Waals surface area contributed by atoms with Crippen molar-refractivity contribution in [1.82, 2.24) is 0 Å². The third-order valence-electron chi connectivity index (χ3n) is 2.50. The first-order valence-corrected chi connectivity index (χ1v) is 5.23. The lowest BCUT2D eigenvalue weighted by Crippen LogP contribution is -2.05. The van der Waals surface area contributed by atoms with Gasteiger partial charge in [0.2, 0.25) is 0 Å². The minimum atomic E-state index is -0.923. The second-order valence-electron chi connectivity index (χ2n) is 3.81. The topological polar surface area (TPSA) is 46.5 Å². The predicted octanol–water partition coefficient (Wildman–Crippen LogP) is 2.49. The summed E-state index contributed by atoms with van der Waals surface area (Å²) in [6.45, 7) is 2.04. The first-order chi connectivity index (χ1) is 7.20. The Morgan fingerprint density at radius 2 is 2.27 bits per heavy atom. The molecule has 2 rings (SSSR count). The molecule has 0 unspecified atom stereocenters. The Morgan fingerprint density at radius 1 is 1.53 bits per heavy atom. The molecular formula is C12H14O3. The van der Waals surface area contributed by atoms with Crippen LogP contribution in [0.3, 0.4) is 0 Å². The minimum absolute atomic E-state index is 0.232. The summed E-state index contributed by atoms with van der Waals surface area (Å²) in [5.41, 5.74) is 1.37. The largest absolute Gasteiger partial charge is 0.490 e. The highest BCUT2D eigenvalue weighted by molar-refractivity contribution is 5.91. The molecule has 0 amide bonds. The van der Waals surface area contributed by atoms with Gasteiger partial charge in [-0.05, 0) is 37.0 Å². The Morgan fingerprint density at radius 3 is 2.80 bits per heavy atom. The molecule has 80 valence electrons. The normalized spacial score (nSPS) is 15.0. The fourth-order valence-corrected chi connectivity index (χ4v) is 1.43. The number of rotatable bonds is 4. The molecule has 0 radical (unpaired) electrons. The molecule has 0 saturated heterocycles. The molecule has 1 N–H and O–H groups in total. The summed E-state index contributed by atoms with van der Waals surface area (Å²) in [6.07, 6.45) is 3.20. The highest BCUT2D eigenvalue weighted by Crippen LogP contribution is 2.30. The van der Waals surface area contributed by atoms with E-state index >= 15 is 0 Å². The summed E-state index contributed by atoms with van der Waals surface area (Å²) < 4.78 is 5.58. The molecule has 1 aromatic carbocycles. The van der Waals surface area contributed by atoms with E-state index in [-0.39, 0.29) is 11.7 Å². The molecule has 1 saturated carbocycles. The number of benzene rings is 1. The first-order valence-electron chi connectivity index (χ1n) is 5.23. The Kier molecular flexibility index (Phi) is 2.62. The van der Waals surface area contributed by atoms with E-state index in [0.717, 1.165) is 24.8 Å². The van der Waals surface area contributed by atoms with E-state index in [1.54, 1.807) is 6.07 Å². The summed E-state index contributed by atoms with van der Waals surface area (Å²) in [6, 6.07) is 5.30. The molecular weight excluding hydrogens is 192 g/mol. The van der Waals surface area contributed by atoms with Crippen molar-refractivity contribution in [3.8, 4) is 5.75 Å². The van der Waals surface area contributed by atoms with Gasteiger partial charge in [-0.25, -0.2) is 4.79 Å². The zero-order valence-electron chi connectivity index (χ0n) is 8.69. The lowest BCUT2D eigenvalue weighted by molar-refractivity contribution is 0.0692. The molecule has 0 bridgehead atoms. The van der Waals surface area contributed by atoms with Gasteiger partial charge in [0.05, 0.1) is 6.10 Å². The summed E-state index contributed by atoms with van der Waals surface area (Å²) in [5.74, 6) is -0.405. The Bertz CT molecular complexity index is 380. The smallest absolute Gasteiger partial charge is 0.339 e. The summed E-state index contributed by atoms with van der Waals surface area (Å²) in [5, 5.41) is 8.98. The number of hydrogen-bond donors (Lipinski definition) is 1. The average Bonchev–Trinajstić information content (AvgIpc) is 3.01. The van der Waals surface area contributed by atoms with E-state index in [1.807, 2.05) is 19.1 Å². The molecule has 1 fully saturated rings. The first kappa shape index (κ1) is 10.0. The number of ether oxygens (including phenoxy) is 1. The SMILES string of the molecule is CCc1ccc(C(=O)O)c(OC2CC2)c1. The van der Waals surface area contributed by atoms with Gasteiger partial charge in [0, 0.05) is 0 Å². The lowest BCUT2D eigenvalue weighted by Gasteiger charge is -2.09. The van der Waals surface area contributed by atoms with Crippen LogP contribution in [0.15, 0.2) is 18.2 Å². The number of carboxylic acids is 1. The summed E-state index contributed by atoms with van der Waals surface area (Å²) in [4.78, 5) is 10.9. The van der Waals surface area contributed by atoms with Crippen LogP contribution in [-0.2, 0) is 6.42 Å². The van der Waals surface area contributed by atoms with Crippen LogP contribution in [0.5, 0.6) is 5.75 Å². The number of aryl methyl sites for hydroxylation is 1. The van der Waals surface area contributed by atoms with E-state index < -0.39 is 5.97 Å². The van der Waals surface area contributed by atoms with Crippen LogP contribution in [0, 0.1) is 0 Å². The second-order valence-corrected chi connectivity index (χ2v) is 3.81. The molecule has 0 aliphatic heterocycles. The van der Waals surface area contributed by atoms with Gasteiger partial charge in [0.25, 0.3) is 0 Å². The Balaban J connectivity index is 2.30. The maximum atomic E-state index is 10.9. The molecule has 1 aliphatic carbocycles. The van der Waals surface area contributed by atoms with Crippen molar-refractivity contribution in [3.05, 3.63) is 29.3 Å². The van der Waals surface area contributed by atoms with E-state index in [2.05, 4.69) is 0 Å². The number of aromatic carboxylic acids is 1. The van der Waals surface area contributed by atoms with Crippen molar-refractivity contribution >= 4 is 5.97 Å². The van der Waals surface area contributed by atoms with Crippen LogP contribution in [0.2, 0.25) is 0 Å². The Labute approximate surface area is 88.7 Å². The third kappa shape index (κ3) is 2.29. The molecule has 15 heavy (non-hydrogen) atoms. The number of hydrogen-bond acceptors (Lipinski definition) is 2. The van der Waals surface area contributed by atoms with Crippen molar-refractivity contribution in [3.63, 3.8) is 0 Å². The van der Waals surface area contributed by atoms with E-state index in [9.17, 15) is 4.79 Å². The molecule has 1 aliphatic rings. The molecule has 0 spiro atoms. The van der Waals surface area contributed by atoms with Gasteiger partial charge in [-0.1, -0.05) is 13.0 Å². The maximum absolute atomic E-state index is 10.9. The van der Waals surface area contributed by atoms with Crippen LogP contribution in [-0.4, -0.2) is 17.2 Å². The zero-order chi connectivity index (χ0) is 10.8. The third-order valence-corrected chi connectivity index (χ3v) is 2.50. The molecule has 3 heteroatoms. The number of carboxylic acid groups (broad SMARTS) is 1. The zero-order valence-corrected chi connectivity index (χ0v) is 8.69. The van der Waals surface area contributed by atoms with Crippen molar-refractivity contribution in [1.29, 1.82) is 0 Å². The monoisotopic (exact) mass is 206 g/mol. The van der Waals surface area contributed by atoms with Gasteiger partial charge >= 0.3 is 5.97 Å². The molecule has 3 nitrogen and oxygen atoms in total. The highest BCUT2D eigenvalue weighted by Gasteiger charge is 2.25. The van der Waals surface area contributed by atoms with Gasteiger partial charge in [-0.2, -0.15) is 0 Å². The quantitative estimate of drug-likeness (QED) is 0.823. The van der Waals surface area contributed by atoms with Crippen molar-refractivity contribution in [2.45, 2.75) is 32.3 Å². The van der Waals surface area contributed by atoms with Gasteiger partial charge in [-0.15, -0.1) is 0 Å². The van der Waals surface area contributed by atoms with Crippen LogP contribution < -0.4 is 4.74 Å². The average molecular weight is 206 g/mol. The minimum Gasteiger partial charge on any atom is -0.490 e. The van der Waals surface area contributed by atoms with E-state index in [0.29, 0.717) is 5.75 Å². The van der Waals surface area contributed by atoms with Crippen LogP contribution in [0.4, 0.5) is 0 Å². The predicted molar refractivity (Wildman–Crippen MR) is 56.4 cm³/mol. The van der Waals surface area contributed by atoms with Crippen molar-refractivity contribution in [2.75, 3.05) is 0 Å². The van der Waals surface area contributed by atoms with Crippen LogP contribution >= 0.6 is 0 Å². The van der Waals surface area contributed by atoms with E-state index in [1.165, 1.54) is 0 Å². The fraction of sp³-hybridized carbons (Fsp3) is 0.417. The van der Waals surface area contributed by atoms with Crippen LogP contribution in [0.1, 0.15) is 35.7 Å².